The zero-order valence-electron chi connectivity index (χ0n) is 18.6. The van der Waals surface area contributed by atoms with Gasteiger partial charge in [0.15, 0.2) is 0 Å². The van der Waals surface area contributed by atoms with Crippen LogP contribution in [0.2, 0.25) is 0 Å². The van der Waals surface area contributed by atoms with Gasteiger partial charge in [-0.2, -0.15) is 0 Å². The van der Waals surface area contributed by atoms with Crippen LogP contribution in [-0.2, 0) is 6.61 Å². The van der Waals surface area contributed by atoms with Crippen molar-refractivity contribution >= 4 is 37.4 Å². The summed E-state index contributed by atoms with van der Waals surface area (Å²) in [4.78, 5) is 1.14. The van der Waals surface area contributed by atoms with Gasteiger partial charge in [0, 0.05) is 20.6 Å². The van der Waals surface area contributed by atoms with E-state index in [1.165, 1.54) is 0 Å². The number of hydrogen-bond donors (Lipinski definition) is 1. The van der Waals surface area contributed by atoms with Gasteiger partial charge in [0.2, 0.25) is 0 Å². The molecule has 0 aliphatic rings. The molecule has 0 amide bonds. The fourth-order valence-electron chi connectivity index (χ4n) is 3.57. The number of halogens is 1. The molecule has 2 atom stereocenters. The molecule has 1 heterocycles. The molecule has 1 unspecified atom stereocenters. The molecule has 3 nitrogen and oxygen atoms in total. The van der Waals surface area contributed by atoms with Crippen LogP contribution in [0.4, 0.5) is 0 Å². The second-order valence-corrected chi connectivity index (χ2v) is 9.84. The van der Waals surface area contributed by atoms with Gasteiger partial charge in [-0.25, -0.2) is 0 Å². The summed E-state index contributed by atoms with van der Waals surface area (Å²) in [7, 11) is 0. The van der Waals surface area contributed by atoms with E-state index >= 15 is 0 Å². The Bertz CT molecular complexity index is 1160. The van der Waals surface area contributed by atoms with E-state index in [9.17, 15) is 0 Å². The van der Waals surface area contributed by atoms with Crippen LogP contribution in [0, 0.1) is 0 Å². The Kier molecular flexibility index (Phi) is 7.51. The number of fused-ring (bicyclic) bond motifs is 1. The molecule has 166 valence electrons. The third kappa shape index (κ3) is 5.34. The number of thiophene rings is 1. The molecule has 0 saturated carbocycles. The highest BCUT2D eigenvalue weighted by atomic mass is 79.9. The van der Waals surface area contributed by atoms with E-state index in [-0.39, 0.29) is 12.1 Å². The second kappa shape index (κ2) is 10.5. The SMILES string of the molecule is CCN[C@H](C)C(C)Oc1c(-c2ccc(Br)cc2)sc2cc(OCc3ccccc3)ccc12. The maximum Gasteiger partial charge on any atom is 0.146 e. The molecule has 5 heteroatoms. The van der Waals surface area contributed by atoms with E-state index in [1.54, 1.807) is 11.3 Å². The first-order valence-electron chi connectivity index (χ1n) is 10.9. The normalized spacial score (nSPS) is 13.1. The molecular weight excluding hydrogens is 482 g/mol. The molecule has 0 radical (unpaired) electrons. The van der Waals surface area contributed by atoms with Crippen LogP contribution in [0.25, 0.3) is 20.5 Å². The van der Waals surface area contributed by atoms with Crippen LogP contribution in [-0.4, -0.2) is 18.7 Å². The highest BCUT2D eigenvalue weighted by Crippen LogP contribution is 2.46. The van der Waals surface area contributed by atoms with Gasteiger partial charge in [-0.15, -0.1) is 11.3 Å². The molecule has 3 aromatic carbocycles. The molecule has 1 aromatic heterocycles. The number of benzene rings is 3. The van der Waals surface area contributed by atoms with Crippen molar-refractivity contribution in [2.75, 3.05) is 6.54 Å². The standard InChI is InChI=1S/C27H28BrNO2S/c1-4-29-18(2)19(3)31-26-24-15-14-23(30-17-20-8-6-5-7-9-20)16-25(24)32-27(26)21-10-12-22(28)13-11-21/h5-16,18-19,29H,4,17H2,1-3H3/t18-,19?/m1/s1. The Morgan fingerprint density at radius 2 is 1.72 bits per heavy atom. The van der Waals surface area contributed by atoms with Gasteiger partial charge in [-0.05, 0) is 61.9 Å². The average molecular weight is 510 g/mol. The fourth-order valence-corrected chi connectivity index (χ4v) is 5.00. The molecule has 1 N–H and O–H groups in total. The molecule has 0 fully saturated rings. The molecule has 0 spiro atoms. The molecule has 0 saturated heterocycles. The van der Waals surface area contributed by atoms with Crippen molar-refractivity contribution in [1.82, 2.24) is 5.32 Å². The Morgan fingerprint density at radius 1 is 0.969 bits per heavy atom. The average Bonchev–Trinajstić information content (AvgIpc) is 3.16. The van der Waals surface area contributed by atoms with E-state index in [1.807, 2.05) is 24.3 Å². The van der Waals surface area contributed by atoms with Crippen molar-refractivity contribution in [3.8, 4) is 21.9 Å². The molecule has 4 rings (SSSR count). The van der Waals surface area contributed by atoms with Crippen LogP contribution >= 0.6 is 27.3 Å². The van der Waals surface area contributed by atoms with E-state index < -0.39 is 0 Å². The number of nitrogens with one attached hydrogen (secondary N) is 1. The largest absolute Gasteiger partial charge is 0.489 e. The maximum absolute atomic E-state index is 6.56. The van der Waals surface area contributed by atoms with Gasteiger partial charge in [-0.3, -0.25) is 0 Å². The van der Waals surface area contributed by atoms with Gasteiger partial charge in [0.1, 0.15) is 24.2 Å². The van der Waals surface area contributed by atoms with Gasteiger partial charge in [0.05, 0.1) is 4.88 Å². The molecule has 0 aliphatic heterocycles. The minimum atomic E-state index is 0.0379. The summed E-state index contributed by atoms with van der Waals surface area (Å²) >= 11 is 5.29. The molecule has 0 bridgehead atoms. The highest BCUT2D eigenvalue weighted by molar-refractivity contribution is 9.10. The van der Waals surface area contributed by atoms with Gasteiger partial charge in [0.25, 0.3) is 0 Å². The number of likely N-dealkylation sites (N-methyl/N-ethyl adjacent to an activating group) is 1. The van der Waals surface area contributed by atoms with Crippen molar-refractivity contribution in [1.29, 1.82) is 0 Å². The molecule has 4 aromatic rings. The van der Waals surface area contributed by atoms with Gasteiger partial charge < -0.3 is 14.8 Å². The quantitative estimate of drug-likeness (QED) is 0.251. The lowest BCUT2D eigenvalue weighted by Crippen LogP contribution is -2.38. The van der Waals surface area contributed by atoms with Crippen LogP contribution in [0.15, 0.2) is 77.3 Å². The second-order valence-electron chi connectivity index (χ2n) is 7.87. The van der Waals surface area contributed by atoms with Crippen LogP contribution < -0.4 is 14.8 Å². The molecule has 0 aliphatic carbocycles. The first-order valence-corrected chi connectivity index (χ1v) is 12.6. The van der Waals surface area contributed by atoms with Crippen LogP contribution in [0.1, 0.15) is 26.3 Å². The number of hydrogen-bond acceptors (Lipinski definition) is 4. The highest BCUT2D eigenvalue weighted by Gasteiger charge is 2.21. The topological polar surface area (TPSA) is 30.5 Å². The summed E-state index contributed by atoms with van der Waals surface area (Å²) in [6.45, 7) is 7.88. The zero-order chi connectivity index (χ0) is 22.5. The van der Waals surface area contributed by atoms with E-state index in [0.29, 0.717) is 6.61 Å². The van der Waals surface area contributed by atoms with Gasteiger partial charge >= 0.3 is 0 Å². The van der Waals surface area contributed by atoms with Crippen molar-refractivity contribution in [3.05, 3.63) is 82.8 Å². The van der Waals surface area contributed by atoms with Crippen molar-refractivity contribution in [2.45, 2.75) is 39.5 Å². The summed E-state index contributed by atoms with van der Waals surface area (Å²) in [6.07, 6.45) is 0.0379. The first-order chi connectivity index (χ1) is 15.5. The third-order valence-corrected chi connectivity index (χ3v) is 7.22. The Labute approximate surface area is 202 Å². The van der Waals surface area contributed by atoms with Gasteiger partial charge in [-0.1, -0.05) is 65.3 Å². The Balaban J connectivity index is 1.67. The van der Waals surface area contributed by atoms with E-state index in [0.717, 1.165) is 48.6 Å². The van der Waals surface area contributed by atoms with Crippen LogP contribution in [0.5, 0.6) is 11.5 Å². The lowest BCUT2D eigenvalue weighted by atomic mass is 10.1. The summed E-state index contributed by atoms with van der Waals surface area (Å²) in [5.74, 6) is 1.81. The lowest BCUT2D eigenvalue weighted by molar-refractivity contribution is 0.183. The van der Waals surface area contributed by atoms with Crippen LogP contribution in [0.3, 0.4) is 0 Å². The molecular formula is C27H28BrNO2S. The Morgan fingerprint density at radius 3 is 2.44 bits per heavy atom. The zero-order valence-corrected chi connectivity index (χ0v) is 21.0. The maximum atomic E-state index is 6.56. The smallest absolute Gasteiger partial charge is 0.146 e. The molecule has 32 heavy (non-hydrogen) atoms. The number of rotatable bonds is 9. The van der Waals surface area contributed by atoms with E-state index in [2.05, 4.69) is 90.5 Å². The lowest BCUT2D eigenvalue weighted by Gasteiger charge is -2.22. The minimum absolute atomic E-state index is 0.0379. The Hall–Kier alpha value is -2.34. The minimum Gasteiger partial charge on any atom is -0.489 e. The summed E-state index contributed by atoms with van der Waals surface area (Å²) < 4.78 is 14.9. The summed E-state index contributed by atoms with van der Waals surface area (Å²) in [6, 6.07) is 25.2. The van der Waals surface area contributed by atoms with Crippen molar-refractivity contribution in [3.63, 3.8) is 0 Å². The van der Waals surface area contributed by atoms with E-state index in [4.69, 9.17) is 9.47 Å². The summed E-state index contributed by atoms with van der Waals surface area (Å²) in [5.41, 5.74) is 2.31. The predicted molar refractivity (Wildman–Crippen MR) is 139 cm³/mol. The summed E-state index contributed by atoms with van der Waals surface area (Å²) in [5, 5.41) is 4.59. The van der Waals surface area contributed by atoms with Crippen molar-refractivity contribution < 1.29 is 9.47 Å². The third-order valence-electron chi connectivity index (χ3n) is 5.50. The fraction of sp³-hybridized carbons (Fsp3) is 0.259. The predicted octanol–water partition coefficient (Wildman–Crippen LogP) is 7.68. The van der Waals surface area contributed by atoms with Crippen molar-refractivity contribution in [2.24, 2.45) is 0 Å². The monoisotopic (exact) mass is 509 g/mol. The first kappa shape index (κ1) is 22.8. The number of ether oxygens (including phenoxy) is 2.